The van der Waals surface area contributed by atoms with Gasteiger partial charge in [-0.3, -0.25) is 19.8 Å². The molecule has 2 aromatic carbocycles. The van der Waals surface area contributed by atoms with Gasteiger partial charge in [0.2, 0.25) is 15.9 Å². The smallest absolute Gasteiger partial charge is 0.257 e. The first-order chi connectivity index (χ1) is 18.4. The van der Waals surface area contributed by atoms with E-state index < -0.39 is 33.2 Å². The van der Waals surface area contributed by atoms with E-state index in [2.05, 4.69) is 15.0 Å². The Morgan fingerprint density at radius 3 is 2.31 bits per heavy atom. The van der Waals surface area contributed by atoms with Crippen molar-refractivity contribution in [1.29, 1.82) is 0 Å². The number of rotatable bonds is 9. The van der Waals surface area contributed by atoms with Crippen molar-refractivity contribution in [2.45, 2.75) is 39.5 Å². The van der Waals surface area contributed by atoms with Gasteiger partial charge in [-0.25, -0.2) is 18.6 Å². The molecule has 3 aromatic rings. The zero-order valence-electron chi connectivity index (χ0n) is 22.2. The molecule has 0 bridgehead atoms. The second-order valence-corrected chi connectivity index (χ2v) is 11.6. The van der Waals surface area contributed by atoms with Crippen molar-refractivity contribution in [2.24, 2.45) is 11.3 Å². The topological polar surface area (TPSA) is 137 Å². The van der Waals surface area contributed by atoms with E-state index in [1.54, 1.807) is 62.8 Å². The van der Waals surface area contributed by atoms with E-state index >= 15 is 0 Å². The molecule has 0 fully saturated rings. The third kappa shape index (κ3) is 8.23. The lowest BCUT2D eigenvalue weighted by molar-refractivity contribution is -0.136. The van der Waals surface area contributed by atoms with E-state index in [1.165, 1.54) is 18.2 Å². The van der Waals surface area contributed by atoms with Gasteiger partial charge in [0.05, 0.1) is 26.2 Å². The second kappa shape index (κ2) is 13.9. The number of halogens is 2. The number of anilines is 1. The number of aromatic nitrogens is 1. The van der Waals surface area contributed by atoms with Gasteiger partial charge in [-0.05, 0) is 53.9 Å². The summed E-state index contributed by atoms with van der Waals surface area (Å²) in [5, 5.41) is 12.0. The number of amides is 2. The van der Waals surface area contributed by atoms with Crippen LogP contribution in [0.4, 0.5) is 5.69 Å². The summed E-state index contributed by atoms with van der Waals surface area (Å²) >= 11 is 12.6. The lowest BCUT2D eigenvalue weighted by atomic mass is 9.80. The minimum absolute atomic E-state index is 0.0634. The highest BCUT2D eigenvalue weighted by molar-refractivity contribution is 7.89. The van der Waals surface area contributed by atoms with Crippen molar-refractivity contribution in [3.8, 4) is 11.3 Å². The Morgan fingerprint density at radius 1 is 1.03 bits per heavy atom. The molecule has 0 saturated carbocycles. The second-order valence-electron chi connectivity index (χ2n) is 9.02. The summed E-state index contributed by atoms with van der Waals surface area (Å²) < 4.78 is 28.1. The molecule has 1 unspecified atom stereocenters. The first-order valence-electron chi connectivity index (χ1n) is 12.1. The third-order valence-electron chi connectivity index (χ3n) is 6.05. The molecule has 1 atom stereocenters. The number of carbonyl (C=O) groups excluding carboxylic acids is 2. The van der Waals surface area contributed by atoms with Crippen molar-refractivity contribution in [2.75, 3.05) is 11.9 Å². The molecule has 1 aromatic heterocycles. The van der Waals surface area contributed by atoms with E-state index in [-0.39, 0.29) is 22.0 Å². The molecular formula is C27H32Cl2N4O5S. The fourth-order valence-corrected chi connectivity index (χ4v) is 5.13. The fourth-order valence-electron chi connectivity index (χ4n) is 3.34. The molecule has 39 heavy (non-hydrogen) atoms. The summed E-state index contributed by atoms with van der Waals surface area (Å²) in [5.41, 5.74) is 2.56. The molecule has 0 aliphatic carbocycles. The number of hydrogen-bond donors (Lipinski definition) is 4. The lowest BCUT2D eigenvalue weighted by Crippen LogP contribution is -2.43. The van der Waals surface area contributed by atoms with Gasteiger partial charge in [0.1, 0.15) is 0 Å². The number of hydrogen-bond acceptors (Lipinski definition) is 6. The van der Waals surface area contributed by atoms with Crippen LogP contribution in [0.25, 0.3) is 11.3 Å². The van der Waals surface area contributed by atoms with Gasteiger partial charge in [0, 0.05) is 29.9 Å². The number of sulfonamides is 1. The Balaban J connectivity index is 0.00000260. The summed E-state index contributed by atoms with van der Waals surface area (Å²) in [6, 6.07) is 14.1. The third-order valence-corrected chi connectivity index (χ3v) is 8.10. The van der Waals surface area contributed by atoms with Crippen molar-refractivity contribution in [1.82, 2.24) is 15.2 Å². The molecule has 0 spiro atoms. The van der Waals surface area contributed by atoms with Gasteiger partial charge in [-0.2, -0.15) is 0 Å². The zero-order chi connectivity index (χ0) is 29.4. The fraction of sp³-hybridized carbons (Fsp3) is 0.296. The van der Waals surface area contributed by atoms with Crippen LogP contribution in [-0.2, 0) is 14.8 Å². The minimum atomic E-state index is -4.01. The first kappa shape index (κ1) is 32.2. The van der Waals surface area contributed by atoms with Gasteiger partial charge >= 0.3 is 0 Å². The monoisotopic (exact) mass is 594 g/mol. The molecular weight excluding hydrogens is 563 g/mol. The maximum absolute atomic E-state index is 12.9. The van der Waals surface area contributed by atoms with E-state index in [0.717, 1.165) is 0 Å². The Bertz CT molecular complexity index is 1420. The SMILES string of the molecule is CC.CC(C(=O)NO)C(C)(C)CNS(=O)(=O)c1ccc(C(=O)Nc2ccc(Cl)c(-c3ccccn3)c2)c(Cl)c1. The van der Waals surface area contributed by atoms with Crippen LogP contribution in [0, 0.1) is 11.3 Å². The molecule has 2 amide bonds. The standard InChI is InChI=1S/C25H26Cl2N4O5S.C2H6/c1-15(23(32)31-34)25(2,3)14-29-37(35,36)17-8-9-18(21(27)13-17)24(33)30-16-7-10-20(26)19(12-16)22-6-4-5-11-28-22;1-2/h4-13,15,29,34H,14H2,1-3H3,(H,30,33)(H,31,32);1-2H3. The van der Waals surface area contributed by atoms with Crippen LogP contribution in [-0.4, -0.2) is 37.0 Å². The molecule has 210 valence electrons. The van der Waals surface area contributed by atoms with Gasteiger partial charge in [-0.1, -0.05) is 63.9 Å². The van der Waals surface area contributed by atoms with Gasteiger partial charge in [0.25, 0.3) is 5.91 Å². The maximum Gasteiger partial charge on any atom is 0.257 e. The van der Waals surface area contributed by atoms with Crippen LogP contribution in [0.5, 0.6) is 0 Å². The van der Waals surface area contributed by atoms with Crippen LogP contribution in [0.2, 0.25) is 10.0 Å². The molecule has 0 saturated heterocycles. The predicted octanol–water partition coefficient (Wildman–Crippen LogP) is 5.78. The van der Waals surface area contributed by atoms with Gasteiger partial charge in [0.15, 0.2) is 0 Å². The lowest BCUT2D eigenvalue weighted by Gasteiger charge is -2.30. The summed E-state index contributed by atoms with van der Waals surface area (Å²) in [5.74, 6) is -1.85. The van der Waals surface area contributed by atoms with Crippen molar-refractivity contribution in [3.63, 3.8) is 0 Å². The van der Waals surface area contributed by atoms with Crippen molar-refractivity contribution in [3.05, 3.63) is 76.4 Å². The van der Waals surface area contributed by atoms with Gasteiger partial charge < -0.3 is 5.32 Å². The van der Waals surface area contributed by atoms with E-state index in [1.807, 2.05) is 19.9 Å². The first-order valence-corrected chi connectivity index (χ1v) is 14.3. The molecule has 3 rings (SSSR count). The Morgan fingerprint density at radius 2 is 1.72 bits per heavy atom. The highest BCUT2D eigenvalue weighted by Crippen LogP contribution is 2.30. The zero-order valence-corrected chi connectivity index (χ0v) is 24.6. The number of nitrogens with one attached hydrogen (secondary N) is 3. The largest absolute Gasteiger partial charge is 0.322 e. The van der Waals surface area contributed by atoms with Crippen molar-refractivity contribution < 1.29 is 23.2 Å². The highest BCUT2D eigenvalue weighted by atomic mass is 35.5. The predicted molar refractivity (Wildman–Crippen MR) is 153 cm³/mol. The van der Waals surface area contributed by atoms with E-state index in [0.29, 0.717) is 22.0 Å². The minimum Gasteiger partial charge on any atom is -0.322 e. The molecule has 0 aliphatic heterocycles. The normalized spacial score (nSPS) is 12.1. The summed E-state index contributed by atoms with van der Waals surface area (Å²) in [6.45, 7) is 8.86. The quantitative estimate of drug-likeness (QED) is 0.183. The number of hydroxylamine groups is 1. The molecule has 1 heterocycles. The van der Waals surface area contributed by atoms with Crippen LogP contribution < -0.4 is 15.5 Å². The van der Waals surface area contributed by atoms with Crippen molar-refractivity contribution >= 4 is 50.7 Å². The Kier molecular flexibility index (Phi) is 11.4. The van der Waals surface area contributed by atoms with Crippen LogP contribution >= 0.6 is 23.2 Å². The molecule has 12 heteroatoms. The Hall–Kier alpha value is -3.02. The highest BCUT2D eigenvalue weighted by Gasteiger charge is 2.33. The number of nitrogens with zero attached hydrogens (tertiary/aromatic N) is 1. The number of benzene rings is 2. The Labute approximate surface area is 239 Å². The van der Waals surface area contributed by atoms with E-state index in [9.17, 15) is 18.0 Å². The average Bonchev–Trinajstić information content (AvgIpc) is 2.93. The molecule has 9 nitrogen and oxygen atoms in total. The van der Waals surface area contributed by atoms with Crippen LogP contribution in [0.3, 0.4) is 0 Å². The summed E-state index contributed by atoms with van der Waals surface area (Å²) in [7, 11) is -4.01. The summed E-state index contributed by atoms with van der Waals surface area (Å²) in [4.78, 5) is 28.7. The maximum atomic E-state index is 12.9. The number of carbonyl (C=O) groups is 2. The van der Waals surface area contributed by atoms with Gasteiger partial charge in [-0.15, -0.1) is 0 Å². The molecule has 0 aliphatic rings. The van der Waals surface area contributed by atoms with Crippen LogP contribution in [0.15, 0.2) is 65.7 Å². The van der Waals surface area contributed by atoms with Crippen LogP contribution in [0.1, 0.15) is 45.0 Å². The number of pyridine rings is 1. The molecule has 0 radical (unpaired) electrons. The van der Waals surface area contributed by atoms with E-state index in [4.69, 9.17) is 28.4 Å². The average molecular weight is 596 g/mol. The summed E-state index contributed by atoms with van der Waals surface area (Å²) in [6.07, 6.45) is 1.63. The molecule has 4 N–H and O–H groups in total.